The Balaban J connectivity index is 1.66. The highest BCUT2D eigenvalue weighted by molar-refractivity contribution is 5.20. The normalized spacial score (nSPS) is 31.4. The molecule has 2 bridgehead atoms. The molecule has 0 heterocycles. The number of nitrogens with one attached hydrogen (secondary N) is 1. The first-order chi connectivity index (χ1) is 9.78. The maximum atomic E-state index is 3.77. The predicted octanol–water partition coefficient (Wildman–Crippen LogP) is 4.59. The summed E-state index contributed by atoms with van der Waals surface area (Å²) in [5, 5.41) is 3.77. The Hall–Kier alpha value is -0.820. The molecule has 0 radical (unpaired) electrons. The molecule has 0 saturated heterocycles. The van der Waals surface area contributed by atoms with Crippen LogP contribution in [0.4, 0.5) is 0 Å². The van der Waals surface area contributed by atoms with Gasteiger partial charge < -0.3 is 5.32 Å². The van der Waals surface area contributed by atoms with Crippen molar-refractivity contribution in [2.24, 2.45) is 17.8 Å². The van der Waals surface area contributed by atoms with E-state index >= 15 is 0 Å². The molecule has 110 valence electrons. The molecule has 1 N–H and O–H groups in total. The zero-order valence-corrected chi connectivity index (χ0v) is 13.0. The lowest BCUT2D eigenvalue weighted by Gasteiger charge is -2.31. The van der Waals surface area contributed by atoms with Gasteiger partial charge in [-0.1, -0.05) is 50.6 Å². The summed E-state index contributed by atoms with van der Waals surface area (Å²) >= 11 is 0. The number of hydrogen-bond acceptors (Lipinski definition) is 1. The fraction of sp³-hybridized carbons (Fsp3) is 0.684. The number of benzene rings is 1. The van der Waals surface area contributed by atoms with Crippen LogP contribution < -0.4 is 5.32 Å². The molecule has 0 aromatic heterocycles. The first kappa shape index (κ1) is 14.1. The van der Waals surface area contributed by atoms with Crippen molar-refractivity contribution in [3.8, 4) is 0 Å². The van der Waals surface area contributed by atoms with Crippen molar-refractivity contribution in [1.29, 1.82) is 0 Å². The molecular formula is C19H29N. The maximum absolute atomic E-state index is 3.77. The topological polar surface area (TPSA) is 12.0 Å². The minimum Gasteiger partial charge on any atom is -0.314 e. The van der Waals surface area contributed by atoms with Gasteiger partial charge in [-0.3, -0.25) is 0 Å². The van der Waals surface area contributed by atoms with Crippen LogP contribution in [-0.2, 0) is 0 Å². The average molecular weight is 271 g/mol. The van der Waals surface area contributed by atoms with E-state index in [-0.39, 0.29) is 0 Å². The summed E-state index contributed by atoms with van der Waals surface area (Å²) < 4.78 is 0. The summed E-state index contributed by atoms with van der Waals surface area (Å²) in [7, 11) is 0. The largest absolute Gasteiger partial charge is 0.314 e. The van der Waals surface area contributed by atoms with E-state index in [0.717, 1.165) is 24.3 Å². The first-order valence-corrected chi connectivity index (χ1v) is 8.56. The van der Waals surface area contributed by atoms with Crippen LogP contribution >= 0.6 is 0 Å². The monoisotopic (exact) mass is 271 g/mol. The van der Waals surface area contributed by atoms with Crippen LogP contribution in [0.15, 0.2) is 30.3 Å². The summed E-state index contributed by atoms with van der Waals surface area (Å²) in [5.41, 5.74) is 1.49. The summed E-state index contributed by atoms with van der Waals surface area (Å²) in [4.78, 5) is 0. The Kier molecular flexibility index (Phi) is 4.45. The zero-order valence-electron chi connectivity index (χ0n) is 13.0. The Morgan fingerprint density at radius 1 is 1.15 bits per heavy atom. The summed E-state index contributed by atoms with van der Waals surface area (Å²) in [5.74, 6) is 3.72. The second kappa shape index (κ2) is 6.30. The molecule has 2 fully saturated rings. The zero-order chi connectivity index (χ0) is 13.9. The molecule has 2 aliphatic rings. The van der Waals surface area contributed by atoms with Crippen LogP contribution in [0, 0.1) is 17.8 Å². The molecule has 5 atom stereocenters. The van der Waals surface area contributed by atoms with E-state index in [2.05, 4.69) is 49.5 Å². The van der Waals surface area contributed by atoms with Gasteiger partial charge in [-0.05, 0) is 61.5 Å². The minimum absolute atomic E-state index is 0.621. The van der Waals surface area contributed by atoms with Crippen LogP contribution in [0.5, 0.6) is 0 Å². The molecule has 20 heavy (non-hydrogen) atoms. The Labute approximate surface area is 124 Å². The van der Waals surface area contributed by atoms with Crippen molar-refractivity contribution in [2.45, 2.75) is 57.9 Å². The molecule has 1 nitrogen and oxygen atoms in total. The van der Waals surface area contributed by atoms with E-state index in [1.165, 1.54) is 37.7 Å². The quantitative estimate of drug-likeness (QED) is 0.797. The van der Waals surface area contributed by atoms with Gasteiger partial charge in [0.05, 0.1) is 0 Å². The second-order valence-corrected chi connectivity index (χ2v) is 7.03. The molecular weight excluding hydrogens is 242 g/mol. The highest BCUT2D eigenvalue weighted by atomic mass is 14.9. The van der Waals surface area contributed by atoms with E-state index in [0.29, 0.717) is 12.0 Å². The Morgan fingerprint density at radius 3 is 2.55 bits per heavy atom. The van der Waals surface area contributed by atoms with E-state index in [4.69, 9.17) is 0 Å². The van der Waals surface area contributed by atoms with Crippen molar-refractivity contribution in [2.75, 3.05) is 6.54 Å². The van der Waals surface area contributed by atoms with Crippen molar-refractivity contribution in [1.82, 2.24) is 5.32 Å². The fourth-order valence-corrected chi connectivity index (χ4v) is 4.71. The number of rotatable bonds is 6. The predicted molar refractivity (Wildman–Crippen MR) is 85.9 cm³/mol. The van der Waals surface area contributed by atoms with Gasteiger partial charge in [0.1, 0.15) is 0 Å². The SMILES string of the molecule is CCNC(CC1CC2CCC1C2)C(C)c1ccccc1. The van der Waals surface area contributed by atoms with Crippen LogP contribution in [0.3, 0.4) is 0 Å². The van der Waals surface area contributed by atoms with E-state index in [9.17, 15) is 0 Å². The Morgan fingerprint density at radius 2 is 1.95 bits per heavy atom. The third-order valence-electron chi connectivity index (χ3n) is 5.84. The number of hydrogen-bond donors (Lipinski definition) is 1. The van der Waals surface area contributed by atoms with Crippen LogP contribution in [0.2, 0.25) is 0 Å². The van der Waals surface area contributed by atoms with E-state index in [1.807, 2.05) is 0 Å². The molecule has 2 saturated carbocycles. The Bertz CT molecular complexity index is 413. The lowest BCUT2D eigenvalue weighted by Crippen LogP contribution is -2.36. The molecule has 5 unspecified atom stereocenters. The molecule has 1 aromatic carbocycles. The van der Waals surface area contributed by atoms with Crippen molar-refractivity contribution >= 4 is 0 Å². The summed E-state index contributed by atoms with van der Waals surface area (Å²) in [6.45, 7) is 5.73. The molecule has 2 aliphatic carbocycles. The highest BCUT2D eigenvalue weighted by Crippen LogP contribution is 2.50. The van der Waals surface area contributed by atoms with Crippen molar-refractivity contribution in [3.05, 3.63) is 35.9 Å². The number of fused-ring (bicyclic) bond motifs is 2. The van der Waals surface area contributed by atoms with Gasteiger partial charge in [0.25, 0.3) is 0 Å². The van der Waals surface area contributed by atoms with Crippen LogP contribution in [-0.4, -0.2) is 12.6 Å². The van der Waals surface area contributed by atoms with Crippen molar-refractivity contribution in [3.63, 3.8) is 0 Å². The van der Waals surface area contributed by atoms with Crippen LogP contribution in [0.25, 0.3) is 0 Å². The van der Waals surface area contributed by atoms with Crippen molar-refractivity contribution < 1.29 is 0 Å². The highest BCUT2D eigenvalue weighted by Gasteiger charge is 2.40. The molecule has 1 aromatic rings. The third kappa shape index (κ3) is 2.93. The minimum atomic E-state index is 0.621. The summed E-state index contributed by atoms with van der Waals surface area (Å²) in [6, 6.07) is 11.7. The fourth-order valence-electron chi connectivity index (χ4n) is 4.71. The maximum Gasteiger partial charge on any atom is 0.0136 e. The molecule has 3 rings (SSSR count). The van der Waals surface area contributed by atoms with Gasteiger partial charge in [-0.15, -0.1) is 0 Å². The molecule has 0 spiro atoms. The lowest BCUT2D eigenvalue weighted by molar-refractivity contribution is 0.265. The van der Waals surface area contributed by atoms with E-state index < -0.39 is 0 Å². The molecule has 1 heteroatoms. The van der Waals surface area contributed by atoms with Gasteiger partial charge in [0.2, 0.25) is 0 Å². The van der Waals surface area contributed by atoms with Gasteiger partial charge in [-0.25, -0.2) is 0 Å². The number of likely N-dealkylation sites (N-methyl/N-ethyl adjacent to an activating group) is 1. The molecule has 0 aliphatic heterocycles. The standard InChI is InChI=1S/C19H29N/c1-3-20-19(14(2)16-7-5-4-6-8-16)13-18-12-15-9-10-17(18)11-15/h4-8,14-15,17-20H,3,9-13H2,1-2H3. The van der Waals surface area contributed by atoms with Gasteiger partial charge >= 0.3 is 0 Å². The van der Waals surface area contributed by atoms with Gasteiger partial charge in [-0.2, -0.15) is 0 Å². The lowest BCUT2D eigenvalue weighted by atomic mass is 9.80. The van der Waals surface area contributed by atoms with Gasteiger partial charge in [0, 0.05) is 6.04 Å². The van der Waals surface area contributed by atoms with Gasteiger partial charge in [0.15, 0.2) is 0 Å². The summed E-state index contributed by atoms with van der Waals surface area (Å²) in [6.07, 6.45) is 7.44. The van der Waals surface area contributed by atoms with E-state index in [1.54, 1.807) is 0 Å². The third-order valence-corrected chi connectivity index (χ3v) is 5.84. The molecule has 0 amide bonds. The second-order valence-electron chi connectivity index (χ2n) is 7.03. The first-order valence-electron chi connectivity index (χ1n) is 8.56. The average Bonchev–Trinajstić information content (AvgIpc) is 3.09. The van der Waals surface area contributed by atoms with Crippen LogP contribution in [0.1, 0.15) is 57.4 Å². The smallest absolute Gasteiger partial charge is 0.0136 e.